The van der Waals surface area contributed by atoms with Gasteiger partial charge in [0.1, 0.15) is 0 Å². The molecule has 3 nitrogen and oxygen atoms in total. The average molecular weight is 314 g/mol. The van der Waals surface area contributed by atoms with Crippen LogP contribution in [0.4, 0.5) is 0 Å². The van der Waals surface area contributed by atoms with Gasteiger partial charge in [0.15, 0.2) is 0 Å². The Morgan fingerprint density at radius 1 is 1.39 bits per heavy atom. The van der Waals surface area contributed by atoms with Crippen LogP contribution < -0.4 is 5.73 Å². The van der Waals surface area contributed by atoms with Crippen molar-refractivity contribution < 1.29 is 0 Å². The molecule has 1 aromatic rings. The van der Waals surface area contributed by atoms with Crippen LogP contribution in [0.2, 0.25) is 0 Å². The summed E-state index contributed by atoms with van der Waals surface area (Å²) in [5.41, 5.74) is 8.87. The molecule has 4 heteroatoms. The molecule has 18 heavy (non-hydrogen) atoms. The molecular weight excluding hydrogens is 290 g/mol. The highest BCUT2D eigenvalue weighted by molar-refractivity contribution is 9.10. The third kappa shape index (κ3) is 2.80. The molecule has 1 aromatic heterocycles. The molecule has 0 aliphatic heterocycles. The Bertz CT molecular complexity index is 428. The number of aromatic nitrogens is 2. The number of nitrogens with two attached hydrogens (primary N) is 1. The molecule has 0 amide bonds. The van der Waals surface area contributed by atoms with E-state index in [1.54, 1.807) is 0 Å². The highest BCUT2D eigenvalue weighted by atomic mass is 79.9. The molecule has 2 atom stereocenters. The SMILES string of the molecule is Cc1nn(C)c(CC2(N)CC(C)CC(C)C2)c1Br. The predicted molar refractivity (Wildman–Crippen MR) is 78.4 cm³/mol. The van der Waals surface area contributed by atoms with Crippen molar-refractivity contribution in [2.45, 2.75) is 52.0 Å². The number of aryl methyl sites for hydroxylation is 2. The maximum Gasteiger partial charge on any atom is 0.0738 e. The van der Waals surface area contributed by atoms with Crippen LogP contribution in [0, 0.1) is 18.8 Å². The van der Waals surface area contributed by atoms with Crippen LogP contribution in [-0.2, 0) is 13.5 Å². The summed E-state index contributed by atoms with van der Waals surface area (Å²) in [6, 6.07) is 0. The quantitative estimate of drug-likeness (QED) is 0.911. The summed E-state index contributed by atoms with van der Waals surface area (Å²) in [4.78, 5) is 0. The average Bonchev–Trinajstić information content (AvgIpc) is 2.42. The van der Waals surface area contributed by atoms with Crippen molar-refractivity contribution in [2.24, 2.45) is 24.6 Å². The van der Waals surface area contributed by atoms with Gasteiger partial charge in [0.25, 0.3) is 0 Å². The Morgan fingerprint density at radius 2 is 1.94 bits per heavy atom. The molecule has 2 rings (SSSR count). The van der Waals surface area contributed by atoms with Gasteiger partial charge in [-0.15, -0.1) is 0 Å². The van der Waals surface area contributed by atoms with E-state index in [1.165, 1.54) is 12.1 Å². The van der Waals surface area contributed by atoms with Crippen molar-refractivity contribution in [3.63, 3.8) is 0 Å². The minimum absolute atomic E-state index is 0.0696. The van der Waals surface area contributed by atoms with Gasteiger partial charge in [-0.05, 0) is 54.0 Å². The minimum Gasteiger partial charge on any atom is -0.325 e. The van der Waals surface area contributed by atoms with E-state index in [0.29, 0.717) is 0 Å². The van der Waals surface area contributed by atoms with E-state index in [0.717, 1.165) is 41.3 Å². The number of halogens is 1. The topological polar surface area (TPSA) is 43.8 Å². The first-order valence-corrected chi connectivity index (χ1v) is 7.57. The number of rotatable bonds is 2. The van der Waals surface area contributed by atoms with E-state index in [1.807, 2.05) is 18.7 Å². The fourth-order valence-electron chi connectivity index (χ4n) is 3.67. The Balaban J connectivity index is 2.21. The normalized spacial score (nSPS) is 32.8. The molecule has 102 valence electrons. The van der Waals surface area contributed by atoms with Crippen molar-refractivity contribution in [3.8, 4) is 0 Å². The zero-order valence-electron chi connectivity index (χ0n) is 11.8. The van der Waals surface area contributed by atoms with E-state index in [9.17, 15) is 0 Å². The van der Waals surface area contributed by atoms with Crippen LogP contribution >= 0.6 is 15.9 Å². The van der Waals surface area contributed by atoms with Gasteiger partial charge in [0.2, 0.25) is 0 Å². The zero-order valence-corrected chi connectivity index (χ0v) is 13.4. The lowest BCUT2D eigenvalue weighted by atomic mass is 9.70. The van der Waals surface area contributed by atoms with Gasteiger partial charge in [-0.25, -0.2) is 0 Å². The molecule has 0 saturated heterocycles. The smallest absolute Gasteiger partial charge is 0.0738 e. The molecule has 1 fully saturated rings. The van der Waals surface area contributed by atoms with Crippen molar-refractivity contribution >= 4 is 15.9 Å². The summed E-state index contributed by atoms with van der Waals surface area (Å²) in [6.07, 6.45) is 4.46. The maximum absolute atomic E-state index is 6.66. The van der Waals surface area contributed by atoms with E-state index in [2.05, 4.69) is 34.9 Å². The Morgan fingerprint density at radius 3 is 2.39 bits per heavy atom. The molecule has 0 bridgehead atoms. The van der Waals surface area contributed by atoms with E-state index in [4.69, 9.17) is 5.73 Å². The minimum atomic E-state index is -0.0696. The first-order valence-electron chi connectivity index (χ1n) is 6.77. The fraction of sp³-hybridized carbons (Fsp3) is 0.786. The molecule has 0 spiro atoms. The second-order valence-electron chi connectivity index (χ2n) is 6.36. The van der Waals surface area contributed by atoms with Crippen molar-refractivity contribution in [1.82, 2.24) is 9.78 Å². The summed E-state index contributed by atoms with van der Waals surface area (Å²) in [7, 11) is 2.01. The van der Waals surface area contributed by atoms with E-state index < -0.39 is 0 Å². The zero-order chi connectivity index (χ0) is 13.5. The Labute approximate surface area is 118 Å². The number of hydrogen-bond acceptors (Lipinski definition) is 2. The summed E-state index contributed by atoms with van der Waals surface area (Å²) >= 11 is 3.64. The molecule has 1 aliphatic rings. The van der Waals surface area contributed by atoms with Crippen molar-refractivity contribution in [2.75, 3.05) is 0 Å². The van der Waals surface area contributed by atoms with Crippen LogP contribution in [0.3, 0.4) is 0 Å². The highest BCUT2D eigenvalue weighted by Gasteiger charge is 2.36. The van der Waals surface area contributed by atoms with Gasteiger partial charge in [0, 0.05) is 19.0 Å². The van der Waals surface area contributed by atoms with E-state index >= 15 is 0 Å². The molecule has 1 aliphatic carbocycles. The summed E-state index contributed by atoms with van der Waals surface area (Å²) in [6.45, 7) is 6.67. The second-order valence-corrected chi connectivity index (χ2v) is 7.16. The van der Waals surface area contributed by atoms with E-state index in [-0.39, 0.29) is 5.54 Å². The number of hydrogen-bond donors (Lipinski definition) is 1. The summed E-state index contributed by atoms with van der Waals surface area (Å²) in [5.74, 6) is 1.46. The van der Waals surface area contributed by atoms with Gasteiger partial charge in [-0.3, -0.25) is 4.68 Å². The van der Waals surface area contributed by atoms with Crippen LogP contribution in [0.1, 0.15) is 44.5 Å². The Hall–Kier alpha value is -0.350. The number of nitrogens with zero attached hydrogens (tertiary/aromatic N) is 2. The van der Waals surface area contributed by atoms with Gasteiger partial charge in [-0.2, -0.15) is 5.10 Å². The van der Waals surface area contributed by atoms with Crippen molar-refractivity contribution in [3.05, 3.63) is 15.9 Å². The molecule has 1 heterocycles. The predicted octanol–water partition coefficient (Wildman–Crippen LogP) is 3.19. The lowest BCUT2D eigenvalue weighted by molar-refractivity contribution is 0.180. The maximum atomic E-state index is 6.66. The highest BCUT2D eigenvalue weighted by Crippen LogP contribution is 2.37. The second kappa shape index (κ2) is 4.97. The summed E-state index contributed by atoms with van der Waals surface area (Å²) in [5, 5.41) is 4.46. The first-order chi connectivity index (χ1) is 8.31. The standard InChI is InChI=1S/C14H24BrN3/c1-9-5-10(2)7-14(16,6-9)8-12-13(15)11(3)17-18(12)4/h9-10H,5-8,16H2,1-4H3. The van der Waals surface area contributed by atoms with Crippen LogP contribution in [-0.4, -0.2) is 15.3 Å². The first kappa shape index (κ1) is 14.1. The van der Waals surface area contributed by atoms with Gasteiger partial charge in [0.05, 0.1) is 15.9 Å². The van der Waals surface area contributed by atoms with Gasteiger partial charge in [-0.1, -0.05) is 13.8 Å². The largest absolute Gasteiger partial charge is 0.325 e. The lowest BCUT2D eigenvalue weighted by Gasteiger charge is -2.40. The van der Waals surface area contributed by atoms with Gasteiger partial charge >= 0.3 is 0 Å². The molecular formula is C14H24BrN3. The van der Waals surface area contributed by atoms with Gasteiger partial charge < -0.3 is 5.73 Å². The molecule has 2 unspecified atom stereocenters. The molecule has 0 radical (unpaired) electrons. The molecule has 0 aromatic carbocycles. The third-order valence-corrected chi connectivity index (χ3v) is 5.13. The summed E-state index contributed by atoms with van der Waals surface area (Å²) < 4.78 is 3.10. The third-order valence-electron chi connectivity index (χ3n) is 4.10. The monoisotopic (exact) mass is 313 g/mol. The lowest BCUT2D eigenvalue weighted by Crippen LogP contribution is -2.48. The fourth-order valence-corrected chi connectivity index (χ4v) is 4.15. The van der Waals surface area contributed by atoms with Crippen LogP contribution in [0.25, 0.3) is 0 Å². The van der Waals surface area contributed by atoms with Crippen molar-refractivity contribution in [1.29, 1.82) is 0 Å². The molecule has 1 saturated carbocycles. The molecule has 2 N–H and O–H groups in total. The van der Waals surface area contributed by atoms with Crippen LogP contribution in [0.5, 0.6) is 0 Å². The Kier molecular flexibility index (Phi) is 3.88. The van der Waals surface area contributed by atoms with Crippen LogP contribution in [0.15, 0.2) is 4.47 Å².